The molecule has 0 fully saturated rings. The van der Waals surface area contributed by atoms with Gasteiger partial charge in [-0.1, -0.05) is 26.0 Å². The van der Waals surface area contributed by atoms with Crippen LogP contribution in [0.3, 0.4) is 0 Å². The predicted octanol–water partition coefficient (Wildman–Crippen LogP) is 2.41. The van der Waals surface area contributed by atoms with E-state index in [1.54, 1.807) is 0 Å². The molecule has 0 aliphatic carbocycles. The lowest BCUT2D eigenvalue weighted by Gasteiger charge is -2.17. The highest BCUT2D eigenvalue weighted by Crippen LogP contribution is 2.21. The first-order valence-electron chi connectivity index (χ1n) is 9.54. The van der Waals surface area contributed by atoms with Crippen LogP contribution in [0.2, 0.25) is 0 Å². The van der Waals surface area contributed by atoms with Gasteiger partial charge in [0.25, 0.3) is 0 Å². The van der Waals surface area contributed by atoms with E-state index in [4.69, 9.17) is 4.74 Å². The summed E-state index contributed by atoms with van der Waals surface area (Å²) in [5.74, 6) is 0.438. The molecule has 27 heavy (non-hydrogen) atoms. The lowest BCUT2D eigenvalue weighted by Crippen LogP contribution is -2.34. The first kappa shape index (κ1) is 20.9. The van der Waals surface area contributed by atoms with Crippen LogP contribution in [0.25, 0.3) is 11.0 Å². The van der Waals surface area contributed by atoms with E-state index in [2.05, 4.69) is 15.6 Å². The molecule has 1 heterocycles. The van der Waals surface area contributed by atoms with Crippen molar-refractivity contribution in [1.29, 1.82) is 0 Å². The Bertz CT molecular complexity index is 770. The van der Waals surface area contributed by atoms with E-state index >= 15 is 0 Å². The molecule has 0 saturated heterocycles. The molecule has 7 heteroatoms. The Morgan fingerprint density at radius 3 is 2.67 bits per heavy atom. The Hall–Kier alpha value is -2.41. The molecule has 1 aromatic carbocycles. The molecule has 148 valence electrons. The largest absolute Gasteiger partial charge is 0.382 e. The number of carbonyl (C=O) groups excluding carboxylic acids is 2. The number of carbonyl (C=O) groups is 2. The summed E-state index contributed by atoms with van der Waals surface area (Å²) in [4.78, 5) is 29.1. The smallest absolute Gasteiger partial charge is 0.240 e. The SMILES string of the molecule is CCOCCCNC(=O)Cn1c(C(C)NC(=O)C(C)C)nc2ccccc21. The number of para-hydroxylation sites is 2. The summed E-state index contributed by atoms with van der Waals surface area (Å²) in [5, 5.41) is 5.88. The van der Waals surface area contributed by atoms with Gasteiger partial charge in [0.05, 0.1) is 17.1 Å². The predicted molar refractivity (Wildman–Crippen MR) is 105 cm³/mol. The highest BCUT2D eigenvalue weighted by Gasteiger charge is 2.20. The Kier molecular flexibility index (Phi) is 7.79. The van der Waals surface area contributed by atoms with Crippen molar-refractivity contribution in [1.82, 2.24) is 20.2 Å². The number of amides is 2. The summed E-state index contributed by atoms with van der Waals surface area (Å²) in [6.07, 6.45) is 0.776. The third-order valence-electron chi connectivity index (χ3n) is 4.25. The maximum absolute atomic E-state index is 12.4. The molecule has 0 bridgehead atoms. The summed E-state index contributed by atoms with van der Waals surface area (Å²) in [7, 11) is 0. The minimum absolute atomic E-state index is 0.0403. The normalized spacial score (nSPS) is 12.3. The van der Waals surface area contributed by atoms with Crippen LogP contribution in [0.1, 0.15) is 46.0 Å². The van der Waals surface area contributed by atoms with Crippen molar-refractivity contribution in [2.45, 2.75) is 46.7 Å². The number of fused-ring (bicyclic) bond motifs is 1. The number of imidazole rings is 1. The van der Waals surface area contributed by atoms with Gasteiger partial charge in [-0.2, -0.15) is 0 Å². The maximum atomic E-state index is 12.4. The molecule has 0 aliphatic rings. The average Bonchev–Trinajstić information content (AvgIpc) is 3.00. The van der Waals surface area contributed by atoms with Gasteiger partial charge in [0.1, 0.15) is 12.4 Å². The van der Waals surface area contributed by atoms with E-state index in [0.717, 1.165) is 17.5 Å². The van der Waals surface area contributed by atoms with Crippen LogP contribution in [-0.2, 0) is 20.9 Å². The Labute approximate surface area is 160 Å². The van der Waals surface area contributed by atoms with Crippen molar-refractivity contribution in [3.63, 3.8) is 0 Å². The van der Waals surface area contributed by atoms with Crippen LogP contribution in [0, 0.1) is 5.92 Å². The zero-order valence-corrected chi connectivity index (χ0v) is 16.6. The van der Waals surface area contributed by atoms with Crippen LogP contribution in [0.4, 0.5) is 0 Å². The molecular formula is C20H30N4O3. The number of ether oxygens (including phenoxy) is 1. The van der Waals surface area contributed by atoms with Crippen molar-refractivity contribution in [3.8, 4) is 0 Å². The summed E-state index contributed by atoms with van der Waals surface area (Å²) in [6.45, 7) is 9.57. The molecule has 0 aliphatic heterocycles. The first-order valence-corrected chi connectivity index (χ1v) is 9.54. The highest BCUT2D eigenvalue weighted by atomic mass is 16.5. The zero-order chi connectivity index (χ0) is 19.8. The van der Waals surface area contributed by atoms with Crippen LogP contribution < -0.4 is 10.6 Å². The number of aromatic nitrogens is 2. The molecular weight excluding hydrogens is 344 g/mol. The molecule has 0 saturated carbocycles. The molecule has 2 amide bonds. The van der Waals surface area contributed by atoms with Crippen LogP contribution in [-0.4, -0.2) is 41.1 Å². The van der Waals surface area contributed by atoms with E-state index in [1.807, 2.05) is 56.5 Å². The summed E-state index contributed by atoms with van der Waals surface area (Å²) < 4.78 is 7.15. The third kappa shape index (κ3) is 5.79. The van der Waals surface area contributed by atoms with Gasteiger partial charge in [0, 0.05) is 25.7 Å². The van der Waals surface area contributed by atoms with E-state index in [0.29, 0.717) is 25.6 Å². The van der Waals surface area contributed by atoms with Gasteiger partial charge in [-0.3, -0.25) is 9.59 Å². The fourth-order valence-electron chi connectivity index (χ4n) is 2.78. The molecule has 2 rings (SSSR count). The molecule has 1 atom stereocenters. The van der Waals surface area contributed by atoms with Crippen LogP contribution >= 0.6 is 0 Å². The fraction of sp³-hybridized carbons (Fsp3) is 0.550. The Balaban J connectivity index is 2.13. The summed E-state index contributed by atoms with van der Waals surface area (Å²) in [5.41, 5.74) is 1.69. The summed E-state index contributed by atoms with van der Waals surface area (Å²) in [6, 6.07) is 7.38. The van der Waals surface area contributed by atoms with Crippen molar-refractivity contribution in [2.24, 2.45) is 5.92 Å². The van der Waals surface area contributed by atoms with Crippen molar-refractivity contribution < 1.29 is 14.3 Å². The topological polar surface area (TPSA) is 85.2 Å². The number of nitrogens with one attached hydrogen (secondary N) is 2. The fourth-order valence-corrected chi connectivity index (χ4v) is 2.78. The average molecular weight is 374 g/mol. The molecule has 1 aromatic heterocycles. The molecule has 2 N–H and O–H groups in total. The van der Waals surface area contributed by atoms with Gasteiger partial charge in [-0.15, -0.1) is 0 Å². The second-order valence-corrected chi connectivity index (χ2v) is 6.83. The van der Waals surface area contributed by atoms with E-state index < -0.39 is 0 Å². The van der Waals surface area contributed by atoms with Crippen molar-refractivity contribution in [2.75, 3.05) is 19.8 Å². The van der Waals surface area contributed by atoms with E-state index in [1.165, 1.54) is 0 Å². The zero-order valence-electron chi connectivity index (χ0n) is 16.6. The van der Waals surface area contributed by atoms with Crippen molar-refractivity contribution in [3.05, 3.63) is 30.1 Å². The van der Waals surface area contributed by atoms with Gasteiger partial charge in [0.15, 0.2) is 0 Å². The molecule has 2 aromatic rings. The van der Waals surface area contributed by atoms with Gasteiger partial charge in [-0.25, -0.2) is 4.98 Å². The van der Waals surface area contributed by atoms with E-state index in [-0.39, 0.29) is 30.3 Å². The quantitative estimate of drug-likeness (QED) is 0.626. The van der Waals surface area contributed by atoms with Gasteiger partial charge in [0.2, 0.25) is 11.8 Å². The second kappa shape index (κ2) is 10.1. The lowest BCUT2D eigenvalue weighted by molar-refractivity contribution is -0.124. The lowest BCUT2D eigenvalue weighted by atomic mass is 10.2. The molecule has 0 radical (unpaired) electrons. The minimum Gasteiger partial charge on any atom is -0.382 e. The van der Waals surface area contributed by atoms with Crippen LogP contribution in [0.15, 0.2) is 24.3 Å². The number of hydrogen-bond donors (Lipinski definition) is 2. The first-order chi connectivity index (χ1) is 12.9. The Morgan fingerprint density at radius 1 is 1.22 bits per heavy atom. The van der Waals surface area contributed by atoms with Gasteiger partial charge in [-0.05, 0) is 32.4 Å². The number of rotatable bonds is 10. The Morgan fingerprint density at radius 2 is 1.96 bits per heavy atom. The maximum Gasteiger partial charge on any atom is 0.240 e. The van der Waals surface area contributed by atoms with E-state index in [9.17, 15) is 9.59 Å². The monoisotopic (exact) mass is 374 g/mol. The number of benzene rings is 1. The molecule has 0 spiro atoms. The van der Waals surface area contributed by atoms with Gasteiger partial charge >= 0.3 is 0 Å². The van der Waals surface area contributed by atoms with Crippen LogP contribution in [0.5, 0.6) is 0 Å². The minimum atomic E-state index is -0.293. The number of nitrogens with zero attached hydrogens (tertiary/aromatic N) is 2. The number of hydrogen-bond acceptors (Lipinski definition) is 4. The second-order valence-electron chi connectivity index (χ2n) is 6.83. The highest BCUT2D eigenvalue weighted by molar-refractivity contribution is 5.82. The molecule has 7 nitrogen and oxygen atoms in total. The van der Waals surface area contributed by atoms with Gasteiger partial charge < -0.3 is 19.9 Å². The third-order valence-corrected chi connectivity index (χ3v) is 4.25. The van der Waals surface area contributed by atoms with Crippen molar-refractivity contribution >= 4 is 22.8 Å². The standard InChI is InChI=1S/C20H30N4O3/c1-5-27-12-8-11-21-18(25)13-24-17-10-7-6-9-16(17)23-19(24)15(4)22-20(26)14(2)3/h6-7,9-10,14-15H,5,8,11-13H2,1-4H3,(H,21,25)(H,22,26). The summed E-state index contributed by atoms with van der Waals surface area (Å²) >= 11 is 0. The molecule has 1 unspecified atom stereocenters.